The van der Waals surface area contributed by atoms with Crippen molar-refractivity contribution >= 4 is 15.5 Å². The number of benzene rings is 1. The van der Waals surface area contributed by atoms with Crippen LogP contribution in [-0.4, -0.2) is 39.7 Å². The van der Waals surface area contributed by atoms with E-state index in [0.29, 0.717) is 24.7 Å². The lowest BCUT2D eigenvalue weighted by molar-refractivity contribution is 0.288. The van der Waals surface area contributed by atoms with E-state index < -0.39 is 9.84 Å². The second-order valence-electron chi connectivity index (χ2n) is 4.67. The molecular weight excluding hydrogens is 278 g/mol. The quantitative estimate of drug-likeness (QED) is 0.798. The fraction of sp³-hybridized carbons (Fsp3) is 0.571. The van der Waals surface area contributed by atoms with Crippen LogP contribution in [0.4, 0.5) is 5.69 Å². The zero-order valence-electron chi connectivity index (χ0n) is 12.5. The molecule has 1 rings (SSSR count). The van der Waals surface area contributed by atoms with Crippen molar-refractivity contribution in [2.75, 3.05) is 30.5 Å². The Morgan fingerprint density at radius 2 is 1.75 bits per heavy atom. The van der Waals surface area contributed by atoms with Gasteiger partial charge in [0.25, 0.3) is 0 Å². The van der Waals surface area contributed by atoms with E-state index >= 15 is 0 Å². The molecule has 114 valence electrons. The summed E-state index contributed by atoms with van der Waals surface area (Å²) in [6.45, 7) is 6.76. The lowest BCUT2D eigenvalue weighted by Gasteiger charge is -2.17. The zero-order chi connectivity index (χ0) is 15.2. The van der Waals surface area contributed by atoms with Gasteiger partial charge in [0.1, 0.15) is 9.84 Å². The van der Waals surface area contributed by atoms with Crippen molar-refractivity contribution in [1.82, 2.24) is 0 Å². The SMILES string of the molecule is CCOc1ccc(NC(C)CS(C)(=O)=O)cc1OCC. The van der Waals surface area contributed by atoms with E-state index in [2.05, 4.69) is 5.32 Å². The molecule has 0 aromatic heterocycles. The smallest absolute Gasteiger partial charge is 0.163 e. The fourth-order valence-corrected chi connectivity index (χ4v) is 2.91. The Morgan fingerprint density at radius 3 is 2.30 bits per heavy atom. The molecule has 0 saturated heterocycles. The summed E-state index contributed by atoms with van der Waals surface area (Å²) in [7, 11) is -3.00. The van der Waals surface area contributed by atoms with Gasteiger partial charge in [0.05, 0.1) is 19.0 Å². The lowest BCUT2D eigenvalue weighted by atomic mass is 10.2. The highest BCUT2D eigenvalue weighted by Crippen LogP contribution is 2.30. The molecule has 1 aromatic rings. The van der Waals surface area contributed by atoms with Crippen molar-refractivity contribution in [3.8, 4) is 11.5 Å². The van der Waals surface area contributed by atoms with Crippen LogP contribution in [0.2, 0.25) is 0 Å². The first-order valence-electron chi connectivity index (χ1n) is 6.69. The van der Waals surface area contributed by atoms with Crippen LogP contribution in [0.3, 0.4) is 0 Å². The third-order valence-electron chi connectivity index (χ3n) is 2.51. The summed E-state index contributed by atoms with van der Waals surface area (Å²) in [6, 6.07) is 5.33. The lowest BCUT2D eigenvalue weighted by Crippen LogP contribution is -2.24. The number of nitrogens with one attached hydrogen (secondary N) is 1. The average Bonchev–Trinajstić information content (AvgIpc) is 2.30. The molecule has 0 aliphatic rings. The molecule has 0 saturated carbocycles. The highest BCUT2D eigenvalue weighted by Gasteiger charge is 2.12. The zero-order valence-corrected chi connectivity index (χ0v) is 13.3. The molecule has 0 radical (unpaired) electrons. The average molecular weight is 301 g/mol. The summed E-state index contributed by atoms with van der Waals surface area (Å²) in [5.74, 6) is 1.44. The number of rotatable bonds is 8. The summed E-state index contributed by atoms with van der Waals surface area (Å²) in [6.07, 6.45) is 1.23. The summed E-state index contributed by atoms with van der Waals surface area (Å²) in [5, 5.41) is 3.15. The molecule has 1 aromatic carbocycles. The van der Waals surface area contributed by atoms with E-state index in [1.54, 1.807) is 0 Å². The molecule has 0 aliphatic heterocycles. The van der Waals surface area contributed by atoms with Crippen LogP contribution in [0.15, 0.2) is 18.2 Å². The van der Waals surface area contributed by atoms with Crippen LogP contribution in [-0.2, 0) is 9.84 Å². The number of sulfone groups is 1. The van der Waals surface area contributed by atoms with Crippen molar-refractivity contribution in [1.29, 1.82) is 0 Å². The van der Waals surface area contributed by atoms with Crippen LogP contribution in [0.5, 0.6) is 11.5 Å². The monoisotopic (exact) mass is 301 g/mol. The molecule has 20 heavy (non-hydrogen) atoms. The minimum atomic E-state index is -3.00. The topological polar surface area (TPSA) is 64.6 Å². The van der Waals surface area contributed by atoms with E-state index in [-0.39, 0.29) is 11.8 Å². The second-order valence-corrected chi connectivity index (χ2v) is 6.85. The Bertz CT molecular complexity index is 528. The molecular formula is C14H23NO4S. The Morgan fingerprint density at radius 1 is 1.15 bits per heavy atom. The van der Waals surface area contributed by atoms with Gasteiger partial charge in [-0.15, -0.1) is 0 Å². The van der Waals surface area contributed by atoms with Crippen molar-refractivity contribution in [3.05, 3.63) is 18.2 Å². The maximum Gasteiger partial charge on any atom is 0.163 e. The summed E-state index contributed by atoms with van der Waals surface area (Å²) >= 11 is 0. The van der Waals surface area contributed by atoms with Crippen molar-refractivity contribution in [2.45, 2.75) is 26.8 Å². The highest BCUT2D eigenvalue weighted by molar-refractivity contribution is 7.90. The normalized spacial score (nSPS) is 12.8. The fourth-order valence-electron chi connectivity index (χ4n) is 1.92. The largest absolute Gasteiger partial charge is 0.490 e. The Balaban J connectivity index is 2.83. The van der Waals surface area contributed by atoms with E-state index in [0.717, 1.165) is 5.69 Å². The highest BCUT2D eigenvalue weighted by atomic mass is 32.2. The van der Waals surface area contributed by atoms with Gasteiger partial charge in [-0.25, -0.2) is 8.42 Å². The minimum Gasteiger partial charge on any atom is -0.490 e. The van der Waals surface area contributed by atoms with E-state index in [4.69, 9.17) is 9.47 Å². The molecule has 1 N–H and O–H groups in total. The van der Waals surface area contributed by atoms with Gasteiger partial charge in [-0.3, -0.25) is 0 Å². The third kappa shape index (κ3) is 5.69. The van der Waals surface area contributed by atoms with Gasteiger partial charge < -0.3 is 14.8 Å². The predicted molar refractivity (Wildman–Crippen MR) is 81.6 cm³/mol. The van der Waals surface area contributed by atoms with Gasteiger partial charge in [-0.1, -0.05) is 0 Å². The number of hydrogen-bond donors (Lipinski definition) is 1. The van der Waals surface area contributed by atoms with Crippen molar-refractivity contribution in [3.63, 3.8) is 0 Å². The summed E-state index contributed by atoms with van der Waals surface area (Å²) in [4.78, 5) is 0. The van der Waals surface area contributed by atoms with Crippen LogP contribution >= 0.6 is 0 Å². The van der Waals surface area contributed by atoms with Gasteiger partial charge in [0, 0.05) is 24.1 Å². The van der Waals surface area contributed by atoms with Gasteiger partial charge >= 0.3 is 0 Å². The van der Waals surface area contributed by atoms with Crippen LogP contribution in [0.1, 0.15) is 20.8 Å². The number of hydrogen-bond acceptors (Lipinski definition) is 5. The molecule has 5 nitrogen and oxygen atoms in total. The van der Waals surface area contributed by atoms with Gasteiger partial charge in [0.15, 0.2) is 11.5 Å². The van der Waals surface area contributed by atoms with E-state index in [1.165, 1.54) is 6.26 Å². The van der Waals surface area contributed by atoms with Crippen LogP contribution in [0, 0.1) is 0 Å². The molecule has 6 heteroatoms. The molecule has 1 unspecified atom stereocenters. The van der Waals surface area contributed by atoms with Gasteiger partial charge in [0.2, 0.25) is 0 Å². The number of anilines is 1. The molecule has 0 bridgehead atoms. The number of ether oxygens (including phenoxy) is 2. The van der Waals surface area contributed by atoms with Crippen LogP contribution < -0.4 is 14.8 Å². The Kier molecular flexibility index (Phi) is 6.13. The first-order valence-corrected chi connectivity index (χ1v) is 8.75. The first-order chi connectivity index (χ1) is 9.35. The standard InChI is InChI=1S/C14H23NO4S/c1-5-18-13-8-7-12(9-14(13)19-6-2)15-11(3)10-20(4,16)17/h7-9,11,15H,5-6,10H2,1-4H3. The predicted octanol–water partition coefficient (Wildman–Crippen LogP) is 2.33. The maximum absolute atomic E-state index is 11.3. The summed E-state index contributed by atoms with van der Waals surface area (Å²) < 4.78 is 33.5. The van der Waals surface area contributed by atoms with Gasteiger partial charge in [-0.2, -0.15) is 0 Å². The Hall–Kier alpha value is -1.43. The minimum absolute atomic E-state index is 0.0875. The molecule has 0 spiro atoms. The van der Waals surface area contributed by atoms with Crippen molar-refractivity contribution in [2.24, 2.45) is 0 Å². The summed E-state index contributed by atoms with van der Waals surface area (Å²) in [5.41, 5.74) is 0.813. The molecule has 0 amide bonds. The molecule has 0 aliphatic carbocycles. The molecule has 0 heterocycles. The second kappa shape index (κ2) is 7.38. The maximum atomic E-state index is 11.3. The van der Waals surface area contributed by atoms with Crippen LogP contribution in [0.25, 0.3) is 0 Å². The van der Waals surface area contributed by atoms with E-state index in [9.17, 15) is 8.42 Å². The molecule has 0 fully saturated rings. The van der Waals surface area contributed by atoms with Gasteiger partial charge in [-0.05, 0) is 32.9 Å². The third-order valence-corrected chi connectivity index (χ3v) is 3.61. The molecule has 1 atom stereocenters. The first kappa shape index (κ1) is 16.6. The Labute approximate surface area is 121 Å². The van der Waals surface area contributed by atoms with E-state index in [1.807, 2.05) is 39.0 Å². The van der Waals surface area contributed by atoms with Crippen molar-refractivity contribution < 1.29 is 17.9 Å².